The maximum absolute atomic E-state index is 17.5. The Morgan fingerprint density at radius 3 is 2.42 bits per heavy atom. The highest BCUT2D eigenvalue weighted by Gasteiger charge is 2.48. The molecule has 2 bridgehead atoms. The maximum atomic E-state index is 17.5. The van der Waals surface area contributed by atoms with E-state index in [-0.39, 0.29) is 69.0 Å². The van der Waals surface area contributed by atoms with Crippen molar-refractivity contribution >= 4 is 34.6 Å². The lowest BCUT2D eigenvalue weighted by atomic mass is 9.76. The van der Waals surface area contributed by atoms with E-state index >= 15 is 8.78 Å². The van der Waals surface area contributed by atoms with E-state index in [1.54, 1.807) is 6.92 Å². The predicted molar refractivity (Wildman–Crippen MR) is 192 cm³/mol. The monoisotopic (exact) mass is 757 g/mol. The van der Waals surface area contributed by atoms with Gasteiger partial charge >= 0.3 is 11.5 Å². The molecule has 0 radical (unpaired) electrons. The van der Waals surface area contributed by atoms with Crippen LogP contribution in [0.5, 0.6) is 6.01 Å². The molecule has 8 nitrogen and oxygen atoms in total. The third kappa shape index (κ3) is 6.75. The number of hydrogen-bond donors (Lipinski definition) is 2. The van der Waals surface area contributed by atoms with Crippen LogP contribution in [0.25, 0.3) is 17.0 Å². The van der Waals surface area contributed by atoms with E-state index in [0.717, 1.165) is 71.4 Å². The van der Waals surface area contributed by atoms with Crippen molar-refractivity contribution in [3.63, 3.8) is 0 Å². The molecule has 284 valence electrons. The van der Waals surface area contributed by atoms with E-state index in [2.05, 4.69) is 15.2 Å². The average molecular weight is 758 g/mol. The second kappa shape index (κ2) is 13.2. The van der Waals surface area contributed by atoms with Crippen molar-refractivity contribution in [2.24, 2.45) is 10.8 Å². The molecule has 5 fully saturated rings. The molecule has 2 N–H and O–H groups in total. The number of allylic oxidation sites excluding steroid dienone is 1. The van der Waals surface area contributed by atoms with Gasteiger partial charge in [-0.05, 0) is 105 Å². The number of rotatable bonds is 9. The van der Waals surface area contributed by atoms with Gasteiger partial charge in [-0.15, -0.1) is 0 Å². The second-order valence-corrected chi connectivity index (χ2v) is 17.4. The number of piperazine rings is 1. The molecule has 5 heterocycles. The molecule has 3 aromatic rings. The van der Waals surface area contributed by atoms with Crippen LogP contribution < -0.4 is 15.0 Å². The second-order valence-electron chi connectivity index (χ2n) is 16.3. The lowest BCUT2D eigenvalue weighted by molar-refractivity contribution is -0.140. The number of ether oxygens (including phenoxy) is 2. The first-order chi connectivity index (χ1) is 25.4. The molecule has 14 heteroatoms. The van der Waals surface area contributed by atoms with Gasteiger partial charge in [-0.3, -0.25) is 0 Å². The topological polar surface area (TPSA) is 83.0 Å². The number of anilines is 1. The minimum Gasteiger partial charge on any atom is -0.512 e. The minimum atomic E-state index is -4.75. The van der Waals surface area contributed by atoms with Crippen molar-refractivity contribution in [3.8, 4) is 6.01 Å². The van der Waals surface area contributed by atoms with Gasteiger partial charge in [0, 0.05) is 70.7 Å². The summed E-state index contributed by atoms with van der Waals surface area (Å²) in [5.41, 5.74) is -3.79. The molecule has 1 saturated carbocycles. The predicted octanol–water partition coefficient (Wildman–Crippen LogP) is 7.73. The Labute approximate surface area is 309 Å². The summed E-state index contributed by atoms with van der Waals surface area (Å²) in [6.07, 6.45) is 7.67. The number of aliphatic hydroxyl groups excluding tert-OH is 1. The first-order valence-corrected chi connectivity index (χ1v) is 19.7. The van der Waals surface area contributed by atoms with E-state index in [1.165, 1.54) is 24.3 Å². The van der Waals surface area contributed by atoms with Crippen LogP contribution in [-0.2, 0) is 11.2 Å². The van der Waals surface area contributed by atoms with E-state index in [4.69, 9.17) is 14.5 Å². The number of aromatic nitrogens is 2. The van der Waals surface area contributed by atoms with Gasteiger partial charge in [0.15, 0.2) is 5.82 Å². The smallest absolute Gasteiger partial charge is 0.446 e. The number of aliphatic hydroxyl groups is 1. The van der Waals surface area contributed by atoms with Crippen LogP contribution in [0.4, 0.5) is 27.8 Å². The van der Waals surface area contributed by atoms with Crippen LogP contribution in [0.2, 0.25) is 0 Å². The van der Waals surface area contributed by atoms with Crippen molar-refractivity contribution < 1.29 is 36.5 Å². The van der Waals surface area contributed by atoms with Crippen LogP contribution >= 0.6 is 11.8 Å². The van der Waals surface area contributed by atoms with Crippen molar-refractivity contribution in [2.75, 3.05) is 57.4 Å². The Morgan fingerprint density at radius 2 is 1.77 bits per heavy atom. The quantitative estimate of drug-likeness (QED) is 0.168. The van der Waals surface area contributed by atoms with Gasteiger partial charge in [-0.1, -0.05) is 13.0 Å². The first-order valence-electron chi connectivity index (χ1n) is 18.9. The highest BCUT2D eigenvalue weighted by Crippen LogP contribution is 2.51. The van der Waals surface area contributed by atoms with Crippen LogP contribution in [0.3, 0.4) is 0 Å². The highest BCUT2D eigenvalue weighted by atomic mass is 32.2. The SMILES string of the molecule is CCc1c(F)ccc2c1C(c1c(SC(F)(F)F)cc3c(N4CC5CCC(C4)N5)nc(OCC4(CN5CCC6(CC5)COC6)CC4)nc3c1F)CC(O)=C2. The summed E-state index contributed by atoms with van der Waals surface area (Å²) >= 11 is -0.404. The zero-order valence-electron chi connectivity index (χ0n) is 29.7. The number of piperidine rings is 1. The number of halogens is 5. The number of nitrogens with one attached hydrogen (secondary N) is 1. The Balaban J connectivity index is 1.12. The molecule has 4 aliphatic heterocycles. The fraction of sp³-hybridized carbons (Fsp3) is 0.590. The first kappa shape index (κ1) is 35.5. The lowest BCUT2D eigenvalue weighted by Crippen LogP contribution is -2.52. The van der Waals surface area contributed by atoms with Crippen molar-refractivity contribution in [1.29, 1.82) is 0 Å². The number of likely N-dealkylation sites (tertiary alicyclic amines) is 1. The summed E-state index contributed by atoms with van der Waals surface area (Å²) < 4.78 is 87.5. The Kier molecular flexibility index (Phi) is 8.86. The fourth-order valence-corrected chi connectivity index (χ4v) is 10.2. The zero-order valence-corrected chi connectivity index (χ0v) is 30.5. The standard InChI is InChI=1S/C39H44F5N5O3S/c1-2-26-29(40)6-3-22-13-25(50)14-27(31(22)26)32-30(53-39(42,43)44)15-28-34(33(32)41)46-36(47-35(28)49-16-23-4-5-24(17-49)45-23)52-21-37(7-8-37)18-48-11-9-38(10-12-48)19-51-20-38/h3,6,13,15,23-24,27,45,50H,2,4-5,7-12,14,16-21H2,1H3. The molecule has 2 aliphatic carbocycles. The number of fused-ring (bicyclic) bond motifs is 4. The van der Waals surface area contributed by atoms with Crippen molar-refractivity contribution in [1.82, 2.24) is 20.2 Å². The lowest BCUT2D eigenvalue weighted by Gasteiger charge is -2.47. The highest BCUT2D eigenvalue weighted by molar-refractivity contribution is 8.00. The van der Waals surface area contributed by atoms with Crippen LogP contribution in [-0.4, -0.2) is 90.1 Å². The van der Waals surface area contributed by atoms with E-state index in [9.17, 15) is 18.3 Å². The molecule has 9 rings (SSSR count). The van der Waals surface area contributed by atoms with Crippen LogP contribution in [0.1, 0.15) is 80.0 Å². The molecule has 2 aromatic carbocycles. The zero-order chi connectivity index (χ0) is 36.7. The summed E-state index contributed by atoms with van der Waals surface area (Å²) in [6, 6.07) is 4.43. The molecular formula is C39H44F5N5O3S. The van der Waals surface area contributed by atoms with Gasteiger partial charge in [0.2, 0.25) is 0 Å². The van der Waals surface area contributed by atoms with Gasteiger partial charge in [-0.25, -0.2) is 8.78 Å². The number of thioether (sulfide) groups is 1. The molecule has 1 spiro atoms. The normalized spacial score (nSPS) is 26.0. The fourth-order valence-electron chi connectivity index (χ4n) is 9.42. The maximum Gasteiger partial charge on any atom is 0.446 e. The summed E-state index contributed by atoms with van der Waals surface area (Å²) in [6.45, 7) is 7.83. The van der Waals surface area contributed by atoms with E-state index in [1.807, 2.05) is 4.90 Å². The van der Waals surface area contributed by atoms with Gasteiger partial charge < -0.3 is 29.7 Å². The summed E-state index contributed by atoms with van der Waals surface area (Å²) in [7, 11) is 0. The van der Waals surface area contributed by atoms with Gasteiger partial charge in [0.05, 0.1) is 25.6 Å². The molecule has 6 aliphatic rings. The molecular weight excluding hydrogens is 714 g/mol. The number of benzene rings is 2. The van der Waals surface area contributed by atoms with Crippen molar-refractivity contribution in [2.45, 2.75) is 86.7 Å². The van der Waals surface area contributed by atoms with Crippen LogP contribution in [0, 0.1) is 22.5 Å². The molecule has 53 heavy (non-hydrogen) atoms. The van der Waals surface area contributed by atoms with E-state index in [0.29, 0.717) is 42.1 Å². The van der Waals surface area contributed by atoms with Crippen LogP contribution in [0.15, 0.2) is 28.9 Å². The minimum absolute atomic E-state index is 0.0120. The Bertz CT molecular complexity index is 1950. The number of alkyl halides is 3. The molecule has 4 saturated heterocycles. The Morgan fingerprint density at radius 1 is 1.04 bits per heavy atom. The molecule has 3 atom stereocenters. The Hall–Kier alpha value is -3.20. The summed E-state index contributed by atoms with van der Waals surface area (Å²) in [5.74, 6) is -2.33. The van der Waals surface area contributed by atoms with Gasteiger partial charge in [0.1, 0.15) is 17.2 Å². The molecule has 3 unspecified atom stereocenters. The summed E-state index contributed by atoms with van der Waals surface area (Å²) in [5, 5.41) is 14.6. The van der Waals surface area contributed by atoms with Gasteiger partial charge in [0.25, 0.3) is 0 Å². The molecule has 1 aromatic heterocycles. The largest absolute Gasteiger partial charge is 0.512 e. The molecule has 0 amide bonds. The number of nitrogens with zero attached hydrogens (tertiary/aromatic N) is 4. The third-order valence-electron chi connectivity index (χ3n) is 12.5. The number of hydrogen-bond acceptors (Lipinski definition) is 9. The average Bonchev–Trinajstić information content (AvgIpc) is 3.79. The van der Waals surface area contributed by atoms with Crippen molar-refractivity contribution in [3.05, 3.63) is 57.8 Å². The third-order valence-corrected chi connectivity index (χ3v) is 13.3. The summed E-state index contributed by atoms with van der Waals surface area (Å²) in [4.78, 5) is 13.6. The van der Waals surface area contributed by atoms with Gasteiger partial charge in [-0.2, -0.15) is 23.1 Å². The van der Waals surface area contributed by atoms with E-state index < -0.39 is 34.8 Å².